The number of rotatable bonds is 3. The Morgan fingerprint density at radius 2 is 2.11 bits per heavy atom. The van der Waals surface area contributed by atoms with Crippen LogP contribution in [-0.4, -0.2) is 18.3 Å². The minimum atomic E-state index is -0.607. The predicted octanol–water partition coefficient (Wildman–Crippen LogP) is 3.09. The van der Waals surface area contributed by atoms with Gasteiger partial charge in [-0.3, -0.25) is 0 Å². The van der Waals surface area contributed by atoms with E-state index in [1.165, 1.54) is 0 Å². The highest BCUT2D eigenvalue weighted by atomic mass is 79.9. The molecule has 1 aliphatic rings. The van der Waals surface area contributed by atoms with Crippen molar-refractivity contribution in [3.8, 4) is 11.5 Å². The van der Waals surface area contributed by atoms with Gasteiger partial charge in [0.25, 0.3) is 0 Å². The van der Waals surface area contributed by atoms with E-state index < -0.39 is 6.10 Å². The Balaban J connectivity index is 1.86. The Hall–Kier alpha value is -1.46. The molecule has 4 nitrogen and oxygen atoms in total. The van der Waals surface area contributed by atoms with Gasteiger partial charge < -0.3 is 19.0 Å². The van der Waals surface area contributed by atoms with Gasteiger partial charge in [0.2, 0.25) is 0 Å². The molecular weight excluding hydrogens is 312 g/mol. The van der Waals surface area contributed by atoms with E-state index in [2.05, 4.69) is 15.9 Å². The van der Waals surface area contributed by atoms with Crippen LogP contribution in [-0.2, 0) is 6.42 Å². The van der Waals surface area contributed by atoms with Crippen molar-refractivity contribution in [3.05, 3.63) is 46.3 Å². The fraction of sp³-hybridized carbons (Fsp3) is 0.286. The Morgan fingerprint density at radius 3 is 2.89 bits per heavy atom. The second-order valence-electron chi connectivity index (χ2n) is 4.38. The lowest BCUT2D eigenvalue weighted by molar-refractivity contribution is 0.163. The van der Waals surface area contributed by atoms with Crippen LogP contribution >= 0.6 is 15.9 Å². The maximum absolute atomic E-state index is 10.3. The molecule has 1 aromatic carbocycles. The van der Waals surface area contributed by atoms with E-state index in [4.69, 9.17) is 13.9 Å². The predicted molar refractivity (Wildman–Crippen MR) is 72.5 cm³/mol. The zero-order valence-electron chi connectivity index (χ0n) is 10.1. The highest BCUT2D eigenvalue weighted by molar-refractivity contribution is 9.10. The van der Waals surface area contributed by atoms with Crippen molar-refractivity contribution in [3.63, 3.8) is 0 Å². The lowest BCUT2D eigenvalue weighted by Gasteiger charge is -2.21. The molecule has 0 fully saturated rings. The van der Waals surface area contributed by atoms with Gasteiger partial charge in [0.15, 0.2) is 11.5 Å². The molecule has 2 heterocycles. The van der Waals surface area contributed by atoms with Crippen molar-refractivity contribution >= 4 is 15.9 Å². The van der Waals surface area contributed by atoms with Crippen molar-refractivity contribution in [1.82, 2.24) is 0 Å². The number of hydrogen-bond donors (Lipinski definition) is 1. The molecule has 0 amide bonds. The summed E-state index contributed by atoms with van der Waals surface area (Å²) in [5.41, 5.74) is 1.75. The van der Waals surface area contributed by atoms with Crippen LogP contribution in [0.4, 0.5) is 0 Å². The van der Waals surface area contributed by atoms with Crippen LogP contribution in [0.1, 0.15) is 17.2 Å². The Bertz CT molecular complexity index is 565. The summed E-state index contributed by atoms with van der Waals surface area (Å²) in [5, 5.41) is 10.3. The fourth-order valence-corrected chi connectivity index (χ4v) is 2.65. The van der Waals surface area contributed by atoms with Gasteiger partial charge in [0.1, 0.15) is 13.2 Å². The molecule has 0 radical (unpaired) electrons. The second-order valence-corrected chi connectivity index (χ2v) is 5.23. The first kappa shape index (κ1) is 12.6. The maximum Gasteiger partial charge on any atom is 0.175 e. The van der Waals surface area contributed by atoms with Gasteiger partial charge in [-0.2, -0.15) is 0 Å². The molecule has 1 atom stereocenters. The lowest BCUT2D eigenvalue weighted by Crippen LogP contribution is -2.16. The lowest BCUT2D eigenvalue weighted by atomic mass is 10.0. The molecule has 0 saturated heterocycles. The molecule has 100 valence electrons. The number of aliphatic hydroxyl groups is 1. The minimum Gasteiger partial charge on any atom is -0.486 e. The van der Waals surface area contributed by atoms with E-state index in [9.17, 15) is 5.11 Å². The Morgan fingerprint density at radius 1 is 1.26 bits per heavy atom. The van der Waals surface area contributed by atoms with Gasteiger partial charge in [0.05, 0.1) is 23.1 Å². The summed E-state index contributed by atoms with van der Waals surface area (Å²) in [7, 11) is 0. The highest BCUT2D eigenvalue weighted by Crippen LogP contribution is 2.40. The second kappa shape index (κ2) is 5.27. The first-order valence-corrected chi connectivity index (χ1v) is 6.81. The average molecular weight is 325 g/mol. The van der Waals surface area contributed by atoms with Gasteiger partial charge in [-0.05, 0) is 45.3 Å². The first-order chi connectivity index (χ1) is 9.24. The van der Waals surface area contributed by atoms with E-state index in [1.54, 1.807) is 12.5 Å². The fourth-order valence-electron chi connectivity index (χ4n) is 2.07. The summed E-state index contributed by atoms with van der Waals surface area (Å²) in [4.78, 5) is 0. The van der Waals surface area contributed by atoms with E-state index >= 15 is 0 Å². The molecular formula is C14H13BrO4. The third kappa shape index (κ3) is 2.62. The monoisotopic (exact) mass is 324 g/mol. The van der Waals surface area contributed by atoms with Crippen LogP contribution in [0.2, 0.25) is 0 Å². The number of furan rings is 1. The summed E-state index contributed by atoms with van der Waals surface area (Å²) in [6.45, 7) is 1.07. The molecule has 1 aliphatic heterocycles. The molecule has 19 heavy (non-hydrogen) atoms. The van der Waals surface area contributed by atoms with E-state index in [0.29, 0.717) is 31.1 Å². The number of ether oxygens (including phenoxy) is 2. The number of fused-ring (bicyclic) bond motifs is 1. The molecule has 0 spiro atoms. The van der Waals surface area contributed by atoms with Crippen molar-refractivity contribution in [2.24, 2.45) is 0 Å². The Labute approximate surface area is 119 Å². The van der Waals surface area contributed by atoms with Crippen molar-refractivity contribution in [1.29, 1.82) is 0 Å². The molecule has 0 bridgehead atoms. The van der Waals surface area contributed by atoms with Crippen LogP contribution in [0.25, 0.3) is 0 Å². The summed E-state index contributed by atoms with van der Waals surface area (Å²) in [6.07, 6.45) is 3.13. The van der Waals surface area contributed by atoms with Crippen LogP contribution in [0.15, 0.2) is 39.6 Å². The number of hydrogen-bond acceptors (Lipinski definition) is 4. The third-order valence-corrected chi connectivity index (χ3v) is 3.60. The molecule has 3 rings (SSSR count). The third-order valence-electron chi connectivity index (χ3n) is 3.01. The molecule has 2 aromatic rings. The maximum atomic E-state index is 10.3. The van der Waals surface area contributed by atoms with E-state index in [1.807, 2.05) is 18.2 Å². The van der Waals surface area contributed by atoms with Gasteiger partial charge in [0, 0.05) is 6.42 Å². The first-order valence-electron chi connectivity index (χ1n) is 6.02. The van der Waals surface area contributed by atoms with Crippen LogP contribution < -0.4 is 9.47 Å². The van der Waals surface area contributed by atoms with E-state index in [0.717, 1.165) is 15.6 Å². The molecule has 1 aromatic heterocycles. The average Bonchev–Trinajstić information content (AvgIpc) is 2.91. The van der Waals surface area contributed by atoms with Gasteiger partial charge >= 0.3 is 0 Å². The van der Waals surface area contributed by atoms with Crippen LogP contribution in [0, 0.1) is 0 Å². The van der Waals surface area contributed by atoms with Crippen molar-refractivity contribution < 1.29 is 19.0 Å². The quantitative estimate of drug-likeness (QED) is 0.942. The highest BCUT2D eigenvalue weighted by Gasteiger charge is 2.19. The summed E-state index contributed by atoms with van der Waals surface area (Å²) in [5.74, 6) is 1.37. The number of benzene rings is 1. The largest absolute Gasteiger partial charge is 0.486 e. The standard InChI is InChI=1S/C14H13BrO4/c15-11-6-10(7-13-14(11)19-4-3-18-13)12(16)5-9-1-2-17-8-9/h1-2,6-8,12,16H,3-5H2. The smallest absolute Gasteiger partial charge is 0.175 e. The normalized spacial score (nSPS) is 15.3. The van der Waals surface area contributed by atoms with Gasteiger partial charge in [-0.15, -0.1) is 0 Å². The van der Waals surface area contributed by atoms with Gasteiger partial charge in [-0.25, -0.2) is 0 Å². The van der Waals surface area contributed by atoms with E-state index in [-0.39, 0.29) is 0 Å². The van der Waals surface area contributed by atoms with Crippen molar-refractivity contribution in [2.45, 2.75) is 12.5 Å². The number of aliphatic hydroxyl groups excluding tert-OH is 1. The molecule has 0 aliphatic carbocycles. The van der Waals surface area contributed by atoms with Crippen LogP contribution in [0.5, 0.6) is 11.5 Å². The topological polar surface area (TPSA) is 51.8 Å². The summed E-state index contributed by atoms with van der Waals surface area (Å²) < 4.78 is 16.9. The summed E-state index contributed by atoms with van der Waals surface area (Å²) >= 11 is 3.44. The van der Waals surface area contributed by atoms with Gasteiger partial charge in [-0.1, -0.05) is 0 Å². The van der Waals surface area contributed by atoms with Crippen molar-refractivity contribution in [2.75, 3.05) is 13.2 Å². The minimum absolute atomic E-state index is 0.503. The molecule has 1 N–H and O–H groups in total. The Kier molecular flexibility index (Phi) is 3.48. The molecule has 0 saturated carbocycles. The SMILES string of the molecule is OC(Cc1ccoc1)c1cc(Br)c2c(c1)OCCO2. The van der Waals surface area contributed by atoms with Crippen LogP contribution in [0.3, 0.4) is 0 Å². The summed E-state index contributed by atoms with van der Waals surface area (Å²) in [6, 6.07) is 5.53. The number of halogens is 1. The molecule has 5 heteroatoms. The zero-order chi connectivity index (χ0) is 13.2. The molecule has 1 unspecified atom stereocenters. The zero-order valence-corrected chi connectivity index (χ0v) is 11.7.